The molecule has 0 aromatic rings. The Kier molecular flexibility index (Phi) is 8.54. The minimum absolute atomic E-state index is 0.0814. The quantitative estimate of drug-likeness (QED) is 0.167. The van der Waals surface area contributed by atoms with E-state index in [1.54, 1.807) is 0 Å². The summed E-state index contributed by atoms with van der Waals surface area (Å²) in [5.74, 6) is 0. The number of hydrogen-bond acceptors (Lipinski definition) is 13. The second-order valence-corrected chi connectivity index (χ2v) is 8.45. The van der Waals surface area contributed by atoms with Gasteiger partial charge in [0, 0.05) is 24.7 Å². The molecule has 0 amide bonds. The third kappa shape index (κ3) is 4.94. The second-order valence-electron chi connectivity index (χ2n) is 8.45. The van der Waals surface area contributed by atoms with Gasteiger partial charge in [-0.1, -0.05) is 0 Å². The van der Waals surface area contributed by atoms with E-state index < -0.39 is 85.8 Å². The zero-order valence-corrected chi connectivity index (χ0v) is 16.4. The average Bonchev–Trinajstić information content (AvgIpc) is 2.74. The molecular weight excluding hydrogens is 408 g/mol. The molecule has 30 heavy (non-hydrogen) atoms. The lowest BCUT2D eigenvalue weighted by Gasteiger charge is -2.47. The normalized spacial score (nSPS) is 48.5. The average molecular weight is 442 g/mol. The number of hydrogen-bond donors (Lipinski definition) is 13. The summed E-state index contributed by atoms with van der Waals surface area (Å²) in [5.41, 5.74) is -4.11. The maximum Gasteiger partial charge on any atom is 0.118 e. The van der Waals surface area contributed by atoms with Crippen LogP contribution >= 0.6 is 0 Å². The van der Waals surface area contributed by atoms with Gasteiger partial charge < -0.3 is 66.8 Å². The first-order chi connectivity index (χ1) is 13.9. The Bertz CT molecular complexity index is 560. The van der Waals surface area contributed by atoms with Crippen molar-refractivity contribution >= 4 is 0 Å². The van der Waals surface area contributed by atoms with Crippen molar-refractivity contribution in [2.75, 3.05) is 26.4 Å². The van der Waals surface area contributed by atoms with Gasteiger partial charge >= 0.3 is 0 Å². The molecule has 0 aromatic carbocycles. The van der Waals surface area contributed by atoms with Crippen LogP contribution in [-0.4, -0.2) is 148 Å². The Morgan fingerprint density at radius 1 is 0.700 bits per heavy atom. The van der Waals surface area contributed by atoms with Crippen LogP contribution in [0.5, 0.6) is 0 Å². The number of aliphatic hydroxyl groups excluding tert-OH is 9. The largest absolute Gasteiger partial charge is 0.395 e. The van der Waals surface area contributed by atoms with E-state index in [4.69, 9.17) is 0 Å². The van der Waals surface area contributed by atoms with Gasteiger partial charge in [-0.3, -0.25) is 0 Å². The summed E-state index contributed by atoms with van der Waals surface area (Å²) in [6.07, 6.45) is -10.7. The summed E-state index contributed by atoms with van der Waals surface area (Å²) in [7, 11) is 0. The first-order valence-corrected chi connectivity index (χ1v) is 9.79. The van der Waals surface area contributed by atoms with Crippen molar-refractivity contribution in [1.82, 2.24) is 10.6 Å². The molecule has 13 heteroatoms. The van der Waals surface area contributed by atoms with Gasteiger partial charge in [0.15, 0.2) is 0 Å². The Morgan fingerprint density at radius 2 is 1.13 bits per heavy atom. The minimum atomic E-state index is -2.07. The number of aliphatic hydroxyl groups is 11. The molecule has 2 aliphatic carbocycles. The van der Waals surface area contributed by atoms with Gasteiger partial charge in [0.2, 0.25) is 0 Å². The number of nitrogens with one attached hydrogen (secondary N) is 2. The van der Waals surface area contributed by atoms with Gasteiger partial charge in [-0.25, -0.2) is 0 Å². The summed E-state index contributed by atoms with van der Waals surface area (Å²) in [5, 5.41) is 114. The lowest BCUT2D eigenvalue weighted by molar-refractivity contribution is -0.208. The fraction of sp³-hybridized carbons (Fsp3) is 1.00. The van der Waals surface area contributed by atoms with E-state index in [0.29, 0.717) is 0 Å². The van der Waals surface area contributed by atoms with E-state index >= 15 is 0 Å². The molecule has 0 aromatic heterocycles. The molecule has 178 valence electrons. The van der Waals surface area contributed by atoms with Crippen LogP contribution in [-0.2, 0) is 0 Å². The molecule has 13 nitrogen and oxygen atoms in total. The molecule has 11 atom stereocenters. The van der Waals surface area contributed by atoms with Crippen LogP contribution in [0.2, 0.25) is 0 Å². The molecule has 0 bridgehead atoms. The van der Waals surface area contributed by atoms with E-state index in [0.717, 1.165) is 0 Å². The zero-order chi connectivity index (χ0) is 22.9. The van der Waals surface area contributed by atoms with Crippen LogP contribution in [0.15, 0.2) is 0 Å². The third-order valence-corrected chi connectivity index (χ3v) is 6.26. The van der Waals surface area contributed by atoms with Gasteiger partial charge in [0.1, 0.15) is 35.6 Å². The predicted octanol–water partition coefficient (Wildman–Crippen LogP) is -7.32. The van der Waals surface area contributed by atoms with Crippen LogP contribution in [0.4, 0.5) is 0 Å². The maximum atomic E-state index is 10.3. The minimum Gasteiger partial charge on any atom is -0.395 e. The molecule has 13 N–H and O–H groups in total. The molecule has 2 fully saturated rings. The summed E-state index contributed by atoms with van der Waals surface area (Å²) in [6.45, 7) is -2.30. The second kappa shape index (κ2) is 9.95. The van der Waals surface area contributed by atoms with E-state index in [2.05, 4.69) is 10.6 Å². The highest BCUT2D eigenvalue weighted by molar-refractivity contribution is 5.06. The topological polar surface area (TPSA) is 247 Å². The van der Waals surface area contributed by atoms with Crippen LogP contribution in [0.3, 0.4) is 0 Å². The summed E-state index contributed by atoms with van der Waals surface area (Å²) in [4.78, 5) is 0. The SMILES string of the molecule is OC[C@H](CN[C@H]1C[C@](O)(CO)[C@@H](O)[C@H](O)[C@H]1O)N[C@H]1C[C@](O)(CO)[C@@H](O)[C@H](O)[C@H]1O. The fourth-order valence-corrected chi connectivity index (χ4v) is 4.17. The monoisotopic (exact) mass is 442 g/mol. The van der Waals surface area contributed by atoms with Crippen LogP contribution in [0.25, 0.3) is 0 Å². The van der Waals surface area contributed by atoms with Crippen molar-refractivity contribution < 1.29 is 56.2 Å². The Hall–Kier alpha value is -0.520. The first-order valence-electron chi connectivity index (χ1n) is 9.79. The highest BCUT2D eigenvalue weighted by Gasteiger charge is 2.52. The summed E-state index contributed by atoms with van der Waals surface area (Å²) >= 11 is 0. The molecule has 0 radical (unpaired) electrons. The van der Waals surface area contributed by atoms with Gasteiger partial charge in [-0.15, -0.1) is 0 Å². The predicted molar refractivity (Wildman–Crippen MR) is 98.9 cm³/mol. The Balaban J connectivity index is 2.02. The lowest BCUT2D eigenvalue weighted by atomic mass is 9.76. The van der Waals surface area contributed by atoms with Crippen molar-refractivity contribution in [2.45, 2.75) is 78.8 Å². The van der Waals surface area contributed by atoms with Crippen molar-refractivity contribution in [3.63, 3.8) is 0 Å². The summed E-state index contributed by atoms with van der Waals surface area (Å²) in [6, 6.07) is -2.79. The van der Waals surface area contributed by atoms with Gasteiger partial charge in [-0.2, -0.15) is 0 Å². The zero-order valence-electron chi connectivity index (χ0n) is 16.4. The molecule has 0 unspecified atom stereocenters. The molecule has 0 spiro atoms. The molecule has 0 saturated heterocycles. The third-order valence-electron chi connectivity index (χ3n) is 6.26. The lowest BCUT2D eigenvalue weighted by Crippen LogP contribution is -2.69. The molecule has 2 rings (SSSR count). The molecule has 2 aliphatic rings. The van der Waals surface area contributed by atoms with E-state index in [1.165, 1.54) is 0 Å². The van der Waals surface area contributed by atoms with E-state index in [1.807, 2.05) is 0 Å². The molecular formula is C17H34N2O11. The standard InChI is InChI=1S/C17H34N2O11/c20-4-7(19-9-2-17(30,6-22)15(28)13(26)11(9)24)3-18-8-1-16(29,5-21)14(27)12(25)10(8)23/h7-15,18-30H,1-6H2/t7-,8-,9-,10-,11-,12+,13+,14-,15-,16-,17-/m0/s1. The smallest absolute Gasteiger partial charge is 0.118 e. The molecule has 0 aliphatic heterocycles. The van der Waals surface area contributed by atoms with Crippen LogP contribution in [0.1, 0.15) is 12.8 Å². The van der Waals surface area contributed by atoms with Crippen molar-refractivity contribution in [3.8, 4) is 0 Å². The first kappa shape index (κ1) is 25.7. The van der Waals surface area contributed by atoms with Crippen molar-refractivity contribution in [3.05, 3.63) is 0 Å². The van der Waals surface area contributed by atoms with E-state index in [9.17, 15) is 56.2 Å². The van der Waals surface area contributed by atoms with Crippen LogP contribution < -0.4 is 10.6 Å². The van der Waals surface area contributed by atoms with Crippen molar-refractivity contribution in [1.29, 1.82) is 0 Å². The van der Waals surface area contributed by atoms with E-state index in [-0.39, 0.29) is 19.4 Å². The Morgan fingerprint density at radius 3 is 1.57 bits per heavy atom. The Labute approximate surface area is 172 Å². The molecule has 2 saturated carbocycles. The summed E-state index contributed by atoms with van der Waals surface area (Å²) < 4.78 is 0. The van der Waals surface area contributed by atoms with Gasteiger partial charge in [0.25, 0.3) is 0 Å². The molecule has 0 heterocycles. The highest BCUT2D eigenvalue weighted by atomic mass is 16.4. The van der Waals surface area contributed by atoms with Crippen molar-refractivity contribution in [2.24, 2.45) is 0 Å². The number of rotatable bonds is 8. The highest BCUT2D eigenvalue weighted by Crippen LogP contribution is 2.31. The maximum absolute atomic E-state index is 10.3. The van der Waals surface area contributed by atoms with Crippen LogP contribution in [0, 0.1) is 0 Å². The van der Waals surface area contributed by atoms with Gasteiger partial charge in [-0.05, 0) is 12.8 Å². The van der Waals surface area contributed by atoms with Gasteiger partial charge in [0.05, 0.1) is 32.0 Å². The fourth-order valence-electron chi connectivity index (χ4n) is 4.17.